The largest absolute Gasteiger partial charge is 0.451 e. The molecule has 7 nitrogen and oxygen atoms in total. The minimum Gasteiger partial charge on any atom is -0.451 e. The van der Waals surface area contributed by atoms with E-state index < -0.39 is 17.2 Å². The van der Waals surface area contributed by atoms with Crippen LogP contribution in [0.1, 0.15) is 88.3 Å². The number of nitrogens with one attached hydrogen (secondary N) is 2. The number of hydrogen-bond donors (Lipinski definition) is 2. The SMILES string of the molecule is CC(C)(C)NC(=O)C1(C2CCCCC2)CCN(CC[C@H](Cc2ccc(Cl)cc2)NC(=O)c2cc(=O)c3cc(F)ccc3o2)CC1. The first-order chi connectivity index (χ1) is 21.4. The Labute approximate surface area is 269 Å². The van der Waals surface area contributed by atoms with Crippen LogP contribution in [0.5, 0.6) is 0 Å². The van der Waals surface area contributed by atoms with Crippen LogP contribution in [0.15, 0.2) is 57.7 Å². The Kier molecular flexibility index (Phi) is 10.3. The minimum absolute atomic E-state index is 0.0925. The molecule has 1 atom stereocenters. The number of halogens is 2. The van der Waals surface area contributed by atoms with Crippen molar-refractivity contribution in [1.29, 1.82) is 0 Å². The van der Waals surface area contributed by atoms with E-state index >= 15 is 0 Å². The van der Waals surface area contributed by atoms with Crippen molar-refractivity contribution in [3.8, 4) is 0 Å². The van der Waals surface area contributed by atoms with Gasteiger partial charge in [0.25, 0.3) is 5.91 Å². The maximum absolute atomic E-state index is 13.8. The number of fused-ring (bicyclic) bond motifs is 1. The predicted octanol–water partition coefficient (Wildman–Crippen LogP) is 6.89. The van der Waals surface area contributed by atoms with E-state index in [4.69, 9.17) is 16.0 Å². The normalized spacial score (nSPS) is 18.4. The molecule has 5 rings (SSSR count). The van der Waals surface area contributed by atoms with Crippen molar-refractivity contribution in [2.75, 3.05) is 19.6 Å². The molecule has 0 radical (unpaired) electrons. The molecule has 242 valence electrons. The highest BCUT2D eigenvalue weighted by Crippen LogP contribution is 2.46. The fourth-order valence-electron chi connectivity index (χ4n) is 7.08. The van der Waals surface area contributed by atoms with Gasteiger partial charge in [0, 0.05) is 29.2 Å². The fraction of sp³-hybridized carbons (Fsp3) is 0.528. The number of hydrogen-bond acceptors (Lipinski definition) is 5. The summed E-state index contributed by atoms with van der Waals surface area (Å²) in [5.74, 6) is -0.528. The highest BCUT2D eigenvalue weighted by molar-refractivity contribution is 6.30. The first kappa shape index (κ1) is 33.1. The zero-order chi connectivity index (χ0) is 32.2. The van der Waals surface area contributed by atoms with Gasteiger partial charge >= 0.3 is 0 Å². The molecule has 2 aromatic carbocycles. The molecule has 1 saturated heterocycles. The van der Waals surface area contributed by atoms with Gasteiger partial charge in [-0.05, 0) is 114 Å². The van der Waals surface area contributed by atoms with Crippen molar-refractivity contribution in [3.05, 3.63) is 80.9 Å². The summed E-state index contributed by atoms with van der Waals surface area (Å²) in [4.78, 5) is 42.2. The van der Waals surface area contributed by atoms with Crippen LogP contribution in [0.3, 0.4) is 0 Å². The Morgan fingerprint density at radius 3 is 2.40 bits per heavy atom. The molecular weight excluding hydrogens is 593 g/mol. The lowest BCUT2D eigenvalue weighted by atomic mass is 9.63. The molecule has 9 heteroatoms. The summed E-state index contributed by atoms with van der Waals surface area (Å²) in [6.07, 6.45) is 8.77. The third-order valence-corrected chi connectivity index (χ3v) is 9.76. The van der Waals surface area contributed by atoms with Crippen molar-refractivity contribution in [2.24, 2.45) is 11.3 Å². The Morgan fingerprint density at radius 1 is 1.04 bits per heavy atom. The smallest absolute Gasteiger partial charge is 0.287 e. The minimum atomic E-state index is -0.543. The molecule has 1 aliphatic carbocycles. The number of benzene rings is 2. The number of rotatable bonds is 9. The van der Waals surface area contributed by atoms with Gasteiger partial charge in [0.1, 0.15) is 11.4 Å². The van der Waals surface area contributed by atoms with E-state index in [1.165, 1.54) is 31.4 Å². The molecule has 1 saturated carbocycles. The van der Waals surface area contributed by atoms with Crippen molar-refractivity contribution in [3.63, 3.8) is 0 Å². The summed E-state index contributed by atoms with van der Waals surface area (Å²) >= 11 is 6.11. The van der Waals surface area contributed by atoms with Crippen molar-refractivity contribution < 1.29 is 18.4 Å². The third-order valence-electron chi connectivity index (χ3n) is 9.51. The maximum Gasteiger partial charge on any atom is 0.287 e. The van der Waals surface area contributed by atoms with Crippen molar-refractivity contribution in [2.45, 2.75) is 90.1 Å². The van der Waals surface area contributed by atoms with Gasteiger partial charge in [-0.3, -0.25) is 14.4 Å². The van der Waals surface area contributed by atoms with Crippen LogP contribution in [0.25, 0.3) is 11.0 Å². The van der Waals surface area contributed by atoms with Gasteiger partial charge in [0.05, 0.1) is 10.8 Å². The zero-order valence-corrected chi connectivity index (χ0v) is 27.4. The van der Waals surface area contributed by atoms with Gasteiger partial charge in [0.2, 0.25) is 5.91 Å². The van der Waals surface area contributed by atoms with Crippen LogP contribution in [0.2, 0.25) is 5.02 Å². The highest BCUT2D eigenvalue weighted by Gasteiger charge is 2.48. The second kappa shape index (κ2) is 14.0. The van der Waals surface area contributed by atoms with Gasteiger partial charge in [-0.15, -0.1) is 0 Å². The average molecular weight is 638 g/mol. The maximum atomic E-state index is 13.8. The molecule has 0 bridgehead atoms. The lowest BCUT2D eigenvalue weighted by molar-refractivity contribution is -0.141. The molecule has 0 unspecified atom stereocenters. The number of carbonyl (C=O) groups excluding carboxylic acids is 2. The summed E-state index contributed by atoms with van der Waals surface area (Å²) in [5.41, 5.74) is 0.101. The van der Waals surface area contributed by atoms with Gasteiger partial charge in [-0.25, -0.2) is 4.39 Å². The molecule has 45 heavy (non-hydrogen) atoms. The van der Waals surface area contributed by atoms with Crippen molar-refractivity contribution in [1.82, 2.24) is 15.5 Å². The molecule has 2 heterocycles. The van der Waals surface area contributed by atoms with Gasteiger partial charge in [-0.1, -0.05) is 43.0 Å². The Morgan fingerprint density at radius 2 is 1.73 bits per heavy atom. The van der Waals surface area contributed by atoms with E-state index in [0.29, 0.717) is 23.8 Å². The van der Waals surface area contributed by atoms with E-state index in [2.05, 4.69) is 15.5 Å². The van der Waals surface area contributed by atoms with Crippen LogP contribution in [0, 0.1) is 17.2 Å². The van der Waals surface area contributed by atoms with E-state index in [9.17, 15) is 18.8 Å². The molecule has 3 aromatic rings. The Bertz CT molecular complexity index is 1550. The topological polar surface area (TPSA) is 91.7 Å². The standard InChI is InChI=1S/C36H45ClFN3O4/c1-35(2,3)40-34(44)36(25-7-5-4-6-8-25)16-19-41(20-17-36)18-15-28(21-24-9-11-26(37)12-10-24)39-33(43)32-23-30(42)29-22-27(38)13-14-31(29)45-32/h9-14,22-23,25,28H,4-8,15-21H2,1-3H3,(H,39,43)(H,40,44)/t28-/m1/s1. The van der Waals surface area contributed by atoms with E-state index in [1.54, 1.807) is 0 Å². The number of nitrogens with zero attached hydrogens (tertiary/aromatic N) is 1. The fourth-order valence-corrected chi connectivity index (χ4v) is 7.21. The molecule has 2 N–H and O–H groups in total. The molecule has 1 aromatic heterocycles. The van der Waals surface area contributed by atoms with Crippen LogP contribution < -0.4 is 16.1 Å². The molecule has 1 aliphatic heterocycles. The molecule has 2 amide bonds. The lowest BCUT2D eigenvalue weighted by Gasteiger charge is -2.47. The van der Waals surface area contributed by atoms with Crippen LogP contribution in [-0.4, -0.2) is 47.9 Å². The third kappa shape index (κ3) is 8.33. The first-order valence-electron chi connectivity index (χ1n) is 16.3. The predicted molar refractivity (Wildman–Crippen MR) is 176 cm³/mol. The average Bonchev–Trinajstić information content (AvgIpc) is 3.01. The number of carbonyl (C=O) groups is 2. The van der Waals surface area contributed by atoms with E-state index in [0.717, 1.165) is 63.0 Å². The van der Waals surface area contributed by atoms with E-state index in [-0.39, 0.29) is 39.6 Å². The quantitative estimate of drug-likeness (QED) is 0.267. The molecule has 0 spiro atoms. The number of amides is 2. The number of likely N-dealkylation sites (tertiary alicyclic amines) is 1. The van der Waals surface area contributed by atoms with Gasteiger partial charge < -0.3 is 20.0 Å². The highest BCUT2D eigenvalue weighted by atomic mass is 35.5. The van der Waals surface area contributed by atoms with Crippen LogP contribution in [0.4, 0.5) is 4.39 Å². The first-order valence-corrected chi connectivity index (χ1v) is 16.6. The number of piperidine rings is 1. The van der Waals surface area contributed by atoms with Crippen LogP contribution >= 0.6 is 11.6 Å². The van der Waals surface area contributed by atoms with Crippen molar-refractivity contribution >= 4 is 34.4 Å². The molecule has 2 fully saturated rings. The second-order valence-electron chi connectivity index (χ2n) is 13.9. The summed E-state index contributed by atoms with van der Waals surface area (Å²) in [5, 5.41) is 7.13. The molecular formula is C36H45ClFN3O4. The second-order valence-corrected chi connectivity index (χ2v) is 14.4. The zero-order valence-electron chi connectivity index (χ0n) is 26.6. The Balaban J connectivity index is 1.28. The monoisotopic (exact) mass is 637 g/mol. The summed E-state index contributed by atoms with van der Waals surface area (Å²) in [6.45, 7) is 8.55. The Hall–Kier alpha value is -3.23. The summed E-state index contributed by atoms with van der Waals surface area (Å²) in [6, 6.07) is 12.1. The van der Waals surface area contributed by atoms with E-state index in [1.807, 2.05) is 45.0 Å². The van der Waals surface area contributed by atoms with Crippen LogP contribution in [-0.2, 0) is 11.2 Å². The summed E-state index contributed by atoms with van der Waals surface area (Å²) in [7, 11) is 0. The lowest BCUT2D eigenvalue weighted by Crippen LogP contribution is -2.56. The van der Waals surface area contributed by atoms with Gasteiger partial charge in [0.15, 0.2) is 11.2 Å². The summed E-state index contributed by atoms with van der Waals surface area (Å²) < 4.78 is 19.4. The van der Waals surface area contributed by atoms with Gasteiger partial charge in [-0.2, -0.15) is 0 Å². The molecule has 2 aliphatic rings.